The second kappa shape index (κ2) is 10.8. The summed E-state index contributed by atoms with van der Waals surface area (Å²) in [6, 6.07) is 13.1. The second-order valence-corrected chi connectivity index (χ2v) is 9.35. The van der Waals surface area contributed by atoms with Gasteiger partial charge in [-0.2, -0.15) is 0 Å². The highest BCUT2D eigenvalue weighted by molar-refractivity contribution is 5.95. The van der Waals surface area contributed by atoms with E-state index in [9.17, 15) is 14.7 Å². The summed E-state index contributed by atoms with van der Waals surface area (Å²) in [6.45, 7) is 4.90. The summed E-state index contributed by atoms with van der Waals surface area (Å²) in [5.41, 5.74) is 8.60. The Morgan fingerprint density at radius 2 is 1.86 bits per heavy atom. The van der Waals surface area contributed by atoms with Crippen LogP contribution in [-0.2, 0) is 28.6 Å². The van der Waals surface area contributed by atoms with Crippen LogP contribution >= 0.6 is 0 Å². The summed E-state index contributed by atoms with van der Waals surface area (Å²) < 4.78 is 2.00. The van der Waals surface area contributed by atoms with Crippen molar-refractivity contribution in [2.45, 2.75) is 25.8 Å². The summed E-state index contributed by atoms with van der Waals surface area (Å²) >= 11 is 0. The largest absolute Gasteiger partial charge is 0.480 e. The van der Waals surface area contributed by atoms with E-state index < -0.39 is 11.4 Å². The van der Waals surface area contributed by atoms with Gasteiger partial charge in [-0.3, -0.25) is 19.9 Å². The first-order valence-corrected chi connectivity index (χ1v) is 11.8. The van der Waals surface area contributed by atoms with Gasteiger partial charge < -0.3 is 25.6 Å². The summed E-state index contributed by atoms with van der Waals surface area (Å²) in [4.78, 5) is 32.8. The van der Waals surface area contributed by atoms with Gasteiger partial charge >= 0.3 is 5.97 Å². The predicted molar refractivity (Wildman–Crippen MR) is 141 cm³/mol. The van der Waals surface area contributed by atoms with E-state index in [-0.39, 0.29) is 24.8 Å². The Morgan fingerprint density at radius 1 is 1.19 bits per heavy atom. The molecule has 1 heterocycles. The number of likely N-dealkylation sites (N-methyl/N-ethyl adjacent to an activating group) is 2. The van der Waals surface area contributed by atoms with Gasteiger partial charge in [0.2, 0.25) is 5.91 Å². The Kier molecular flexibility index (Phi) is 7.99. The minimum atomic E-state index is -0.947. The zero-order valence-electron chi connectivity index (χ0n) is 21.5. The minimum absolute atomic E-state index is 0.0254. The van der Waals surface area contributed by atoms with Gasteiger partial charge in [0, 0.05) is 38.4 Å². The number of anilines is 1. The van der Waals surface area contributed by atoms with Crippen molar-refractivity contribution in [3.63, 3.8) is 0 Å². The molecule has 10 nitrogen and oxygen atoms in total. The number of amides is 1. The molecule has 0 saturated heterocycles. The molecule has 1 aromatic heterocycles. The first kappa shape index (κ1) is 26.7. The number of rotatable bonds is 11. The molecule has 1 unspecified atom stereocenters. The van der Waals surface area contributed by atoms with Crippen LogP contribution in [0.1, 0.15) is 30.8 Å². The number of imidazole rings is 1. The third-order valence-electron chi connectivity index (χ3n) is 6.54. The molecular weight excluding hydrogens is 458 g/mol. The molecule has 2 aromatic carbocycles. The van der Waals surface area contributed by atoms with Gasteiger partial charge in [0.1, 0.15) is 11.7 Å². The number of fused-ring (bicyclic) bond motifs is 1. The average molecular weight is 494 g/mol. The van der Waals surface area contributed by atoms with Crippen molar-refractivity contribution < 1.29 is 14.7 Å². The zero-order valence-corrected chi connectivity index (χ0v) is 21.5. The highest BCUT2D eigenvalue weighted by Gasteiger charge is 2.38. The standard InChI is InChI=1S/C26H35N7O3/c1-6-32(4)25(36)26(2,16-31(3)15-23(34)35)18-9-12-21-20(13-18)30-22(33(21)5)14-29-19-10-7-17(8-11-19)24(27)28/h7-13,29H,6,14-16H2,1-5H3,(H3,27,28)(H,34,35). The molecule has 3 rings (SSSR count). The molecule has 1 atom stereocenters. The zero-order chi connectivity index (χ0) is 26.6. The smallest absolute Gasteiger partial charge is 0.317 e. The van der Waals surface area contributed by atoms with Crippen molar-refractivity contribution in [3.05, 3.63) is 59.4 Å². The molecule has 0 radical (unpaired) electrons. The molecule has 10 heteroatoms. The Morgan fingerprint density at radius 3 is 2.44 bits per heavy atom. The molecule has 0 aliphatic rings. The number of aliphatic carboxylic acids is 1. The number of hydrogen-bond donors (Lipinski definition) is 4. The van der Waals surface area contributed by atoms with Crippen LogP contribution in [0.2, 0.25) is 0 Å². The van der Waals surface area contributed by atoms with Crippen LogP contribution in [0.25, 0.3) is 11.0 Å². The normalized spacial score (nSPS) is 12.9. The molecule has 192 valence electrons. The number of carbonyl (C=O) groups excluding carboxylic acids is 1. The van der Waals surface area contributed by atoms with Crippen LogP contribution in [-0.4, -0.2) is 75.9 Å². The van der Waals surface area contributed by atoms with Crippen LogP contribution in [0.3, 0.4) is 0 Å². The van der Waals surface area contributed by atoms with Gasteiger partial charge in [-0.05, 0) is 62.9 Å². The van der Waals surface area contributed by atoms with Gasteiger partial charge in [-0.1, -0.05) is 6.07 Å². The van der Waals surface area contributed by atoms with E-state index in [1.54, 1.807) is 36.0 Å². The average Bonchev–Trinajstić information content (AvgIpc) is 3.16. The molecule has 0 fully saturated rings. The van der Waals surface area contributed by atoms with E-state index in [2.05, 4.69) is 5.32 Å². The number of aromatic nitrogens is 2. The fraction of sp³-hybridized carbons (Fsp3) is 0.385. The minimum Gasteiger partial charge on any atom is -0.480 e. The number of carboxylic acid groups (broad SMARTS) is 1. The van der Waals surface area contributed by atoms with Crippen LogP contribution in [0.4, 0.5) is 5.69 Å². The molecule has 1 amide bonds. The van der Waals surface area contributed by atoms with Crippen molar-refractivity contribution in [1.82, 2.24) is 19.4 Å². The van der Waals surface area contributed by atoms with Crippen LogP contribution in [0.5, 0.6) is 0 Å². The molecule has 36 heavy (non-hydrogen) atoms. The number of nitrogens with one attached hydrogen (secondary N) is 2. The first-order chi connectivity index (χ1) is 17.0. The number of carboxylic acids is 1. The molecular formula is C26H35N7O3. The monoisotopic (exact) mass is 493 g/mol. The number of benzene rings is 2. The summed E-state index contributed by atoms with van der Waals surface area (Å²) in [7, 11) is 5.40. The number of nitrogen functional groups attached to an aromatic ring is 1. The van der Waals surface area contributed by atoms with E-state index in [4.69, 9.17) is 16.1 Å². The molecule has 0 aliphatic heterocycles. The van der Waals surface area contributed by atoms with Crippen LogP contribution < -0.4 is 11.1 Å². The maximum Gasteiger partial charge on any atom is 0.317 e. The number of carbonyl (C=O) groups is 2. The molecule has 0 saturated carbocycles. The maximum atomic E-state index is 13.4. The molecule has 0 aliphatic carbocycles. The van der Waals surface area contributed by atoms with E-state index in [0.29, 0.717) is 18.7 Å². The molecule has 3 aromatic rings. The Labute approximate surface area is 211 Å². The summed E-state index contributed by atoms with van der Waals surface area (Å²) in [5.74, 6) is -0.171. The second-order valence-electron chi connectivity index (χ2n) is 9.35. The molecule has 5 N–H and O–H groups in total. The number of nitrogens with two attached hydrogens (primary N) is 1. The fourth-order valence-electron chi connectivity index (χ4n) is 4.37. The van der Waals surface area contributed by atoms with Crippen molar-refractivity contribution >= 4 is 34.4 Å². The van der Waals surface area contributed by atoms with E-state index in [0.717, 1.165) is 28.1 Å². The van der Waals surface area contributed by atoms with Gasteiger partial charge in [-0.15, -0.1) is 0 Å². The fourth-order valence-corrected chi connectivity index (χ4v) is 4.37. The SMILES string of the molecule is CCN(C)C(=O)C(C)(CN(C)CC(=O)O)c1ccc2c(c1)nc(CNc1ccc(C(=N)N)cc1)n2C. The molecule has 0 spiro atoms. The summed E-state index contributed by atoms with van der Waals surface area (Å²) in [6.07, 6.45) is 0. The third-order valence-corrected chi connectivity index (χ3v) is 6.54. The van der Waals surface area contributed by atoms with Gasteiger partial charge in [0.25, 0.3) is 0 Å². The Balaban J connectivity index is 1.91. The van der Waals surface area contributed by atoms with Gasteiger partial charge in [0.05, 0.1) is 29.5 Å². The number of nitrogens with zero attached hydrogens (tertiary/aromatic N) is 4. The topological polar surface area (TPSA) is 141 Å². The summed E-state index contributed by atoms with van der Waals surface area (Å²) in [5, 5.41) is 20.1. The Bertz CT molecular complexity index is 1270. The van der Waals surface area contributed by atoms with Crippen LogP contribution in [0, 0.1) is 5.41 Å². The van der Waals surface area contributed by atoms with Crippen molar-refractivity contribution in [2.75, 3.05) is 39.0 Å². The highest BCUT2D eigenvalue weighted by atomic mass is 16.4. The van der Waals surface area contributed by atoms with Crippen molar-refractivity contribution in [1.29, 1.82) is 5.41 Å². The van der Waals surface area contributed by atoms with Gasteiger partial charge in [-0.25, -0.2) is 4.98 Å². The van der Waals surface area contributed by atoms with Crippen molar-refractivity contribution in [3.8, 4) is 0 Å². The first-order valence-electron chi connectivity index (χ1n) is 11.8. The van der Waals surface area contributed by atoms with E-state index in [1.807, 2.05) is 55.8 Å². The van der Waals surface area contributed by atoms with Crippen molar-refractivity contribution in [2.24, 2.45) is 12.8 Å². The van der Waals surface area contributed by atoms with Crippen LogP contribution in [0.15, 0.2) is 42.5 Å². The quantitative estimate of drug-likeness (QED) is 0.237. The predicted octanol–water partition coefficient (Wildman–Crippen LogP) is 2.22. The number of hydrogen-bond acceptors (Lipinski definition) is 6. The van der Waals surface area contributed by atoms with E-state index >= 15 is 0 Å². The highest BCUT2D eigenvalue weighted by Crippen LogP contribution is 2.30. The number of aryl methyl sites for hydroxylation is 1. The third kappa shape index (κ3) is 5.65. The van der Waals surface area contributed by atoms with E-state index in [1.165, 1.54) is 0 Å². The van der Waals surface area contributed by atoms with Gasteiger partial charge in [0.15, 0.2) is 0 Å². The lowest BCUT2D eigenvalue weighted by molar-refractivity contribution is -0.140. The number of amidine groups is 1. The maximum absolute atomic E-state index is 13.4. The Hall–Kier alpha value is -3.92. The lowest BCUT2D eigenvalue weighted by Gasteiger charge is -2.35. The molecule has 0 bridgehead atoms. The lowest BCUT2D eigenvalue weighted by Crippen LogP contribution is -2.50. The lowest BCUT2D eigenvalue weighted by atomic mass is 9.80.